The summed E-state index contributed by atoms with van der Waals surface area (Å²) in [7, 11) is 0. The lowest BCUT2D eigenvalue weighted by molar-refractivity contribution is -0.121. The lowest BCUT2D eigenvalue weighted by Crippen LogP contribution is -2.49. The Balaban J connectivity index is 4.00. The Morgan fingerprint density at radius 1 is 1.26 bits per heavy atom. The monoisotopic (exact) mass is 273 g/mol. The summed E-state index contributed by atoms with van der Waals surface area (Å²) in [5, 5.41) is 17.4. The highest BCUT2D eigenvalue weighted by Gasteiger charge is 2.19. The first-order chi connectivity index (χ1) is 8.65. The van der Waals surface area contributed by atoms with Gasteiger partial charge in [0.25, 0.3) is 0 Å². The number of imide groups is 1. The molecule has 2 unspecified atom stereocenters. The van der Waals surface area contributed by atoms with Crippen molar-refractivity contribution >= 4 is 11.9 Å². The summed E-state index contributed by atoms with van der Waals surface area (Å²) in [5.41, 5.74) is 0.0353. The SMILES string of the molecule is CCNC(=O)NC(=O)C(C)NCC(O)CC(C)(C)C. The van der Waals surface area contributed by atoms with Crippen LogP contribution in [-0.4, -0.2) is 42.3 Å². The summed E-state index contributed by atoms with van der Waals surface area (Å²) >= 11 is 0. The number of nitrogens with one attached hydrogen (secondary N) is 3. The van der Waals surface area contributed by atoms with Crippen molar-refractivity contribution in [2.24, 2.45) is 5.41 Å². The first-order valence-corrected chi connectivity index (χ1v) is 6.66. The number of carbonyl (C=O) groups is 2. The smallest absolute Gasteiger partial charge is 0.321 e. The average Bonchev–Trinajstić information content (AvgIpc) is 2.23. The third kappa shape index (κ3) is 9.44. The highest BCUT2D eigenvalue weighted by molar-refractivity contribution is 5.96. The molecule has 3 amide bonds. The minimum atomic E-state index is -0.530. The van der Waals surface area contributed by atoms with Gasteiger partial charge in [0.1, 0.15) is 0 Å². The van der Waals surface area contributed by atoms with Crippen LogP contribution >= 0.6 is 0 Å². The molecule has 2 atom stereocenters. The van der Waals surface area contributed by atoms with E-state index in [4.69, 9.17) is 0 Å². The second-order valence-electron chi connectivity index (χ2n) is 5.90. The third-order valence-electron chi connectivity index (χ3n) is 2.48. The van der Waals surface area contributed by atoms with E-state index in [2.05, 4.69) is 16.0 Å². The third-order valence-corrected chi connectivity index (χ3v) is 2.48. The lowest BCUT2D eigenvalue weighted by atomic mass is 9.89. The van der Waals surface area contributed by atoms with E-state index < -0.39 is 24.1 Å². The van der Waals surface area contributed by atoms with Crippen molar-refractivity contribution in [2.75, 3.05) is 13.1 Å². The zero-order valence-corrected chi connectivity index (χ0v) is 12.5. The Hall–Kier alpha value is -1.14. The van der Waals surface area contributed by atoms with Gasteiger partial charge < -0.3 is 15.7 Å². The van der Waals surface area contributed by atoms with Crippen LogP contribution in [0.4, 0.5) is 4.79 Å². The van der Waals surface area contributed by atoms with E-state index in [0.29, 0.717) is 19.5 Å². The number of aliphatic hydroxyl groups is 1. The normalized spacial score (nSPS) is 14.6. The molecule has 6 nitrogen and oxygen atoms in total. The van der Waals surface area contributed by atoms with Crippen LogP contribution in [0.2, 0.25) is 0 Å². The first kappa shape index (κ1) is 17.9. The molecule has 0 saturated heterocycles. The van der Waals surface area contributed by atoms with Crippen LogP contribution in [0, 0.1) is 5.41 Å². The van der Waals surface area contributed by atoms with E-state index in [1.54, 1.807) is 13.8 Å². The highest BCUT2D eigenvalue weighted by atomic mass is 16.3. The van der Waals surface area contributed by atoms with Crippen LogP contribution in [0.25, 0.3) is 0 Å². The molecular weight excluding hydrogens is 246 g/mol. The molecular formula is C13H27N3O3. The predicted octanol–water partition coefficient (Wildman–Crippen LogP) is 0.607. The molecule has 0 saturated carbocycles. The molecule has 0 rings (SSSR count). The van der Waals surface area contributed by atoms with E-state index in [1.807, 2.05) is 20.8 Å². The predicted molar refractivity (Wildman–Crippen MR) is 74.8 cm³/mol. The summed E-state index contributed by atoms with van der Waals surface area (Å²) in [5.74, 6) is -0.408. The van der Waals surface area contributed by atoms with Gasteiger partial charge in [0, 0.05) is 13.1 Å². The van der Waals surface area contributed by atoms with Gasteiger partial charge in [-0.15, -0.1) is 0 Å². The van der Waals surface area contributed by atoms with Crippen molar-refractivity contribution in [3.05, 3.63) is 0 Å². The highest BCUT2D eigenvalue weighted by Crippen LogP contribution is 2.20. The van der Waals surface area contributed by atoms with Crippen molar-refractivity contribution in [2.45, 2.75) is 53.2 Å². The molecule has 19 heavy (non-hydrogen) atoms. The molecule has 0 aromatic heterocycles. The maximum atomic E-state index is 11.6. The number of hydrogen-bond donors (Lipinski definition) is 4. The van der Waals surface area contributed by atoms with E-state index >= 15 is 0 Å². The van der Waals surface area contributed by atoms with Crippen molar-refractivity contribution in [1.29, 1.82) is 0 Å². The van der Waals surface area contributed by atoms with Crippen molar-refractivity contribution in [3.8, 4) is 0 Å². The molecule has 0 bridgehead atoms. The van der Waals surface area contributed by atoms with E-state index in [0.717, 1.165) is 0 Å². The van der Waals surface area contributed by atoms with E-state index in [1.165, 1.54) is 0 Å². The Morgan fingerprint density at radius 3 is 2.32 bits per heavy atom. The van der Waals surface area contributed by atoms with Crippen LogP contribution in [0.1, 0.15) is 41.0 Å². The Kier molecular flexibility index (Phi) is 7.63. The van der Waals surface area contributed by atoms with Gasteiger partial charge in [-0.1, -0.05) is 20.8 Å². The Morgan fingerprint density at radius 2 is 1.84 bits per heavy atom. The molecule has 4 N–H and O–H groups in total. The van der Waals surface area contributed by atoms with Crippen LogP contribution < -0.4 is 16.0 Å². The molecule has 0 spiro atoms. The fourth-order valence-corrected chi connectivity index (χ4v) is 1.61. The second kappa shape index (κ2) is 8.12. The topological polar surface area (TPSA) is 90.5 Å². The Bertz CT molecular complexity index is 300. The van der Waals surface area contributed by atoms with Crippen molar-refractivity contribution < 1.29 is 14.7 Å². The minimum absolute atomic E-state index is 0.0353. The number of urea groups is 1. The number of rotatable bonds is 6. The van der Waals surface area contributed by atoms with Gasteiger partial charge in [0.2, 0.25) is 5.91 Å². The fraction of sp³-hybridized carbons (Fsp3) is 0.846. The quantitative estimate of drug-likeness (QED) is 0.570. The summed E-state index contributed by atoms with van der Waals surface area (Å²) in [4.78, 5) is 22.8. The fourth-order valence-electron chi connectivity index (χ4n) is 1.61. The van der Waals surface area contributed by atoms with Gasteiger partial charge in [-0.05, 0) is 25.7 Å². The van der Waals surface area contributed by atoms with Crippen LogP contribution in [0.15, 0.2) is 0 Å². The maximum Gasteiger partial charge on any atom is 0.321 e. The van der Waals surface area contributed by atoms with Crippen LogP contribution in [0.5, 0.6) is 0 Å². The molecule has 0 heterocycles. The van der Waals surface area contributed by atoms with Gasteiger partial charge in [0.05, 0.1) is 12.1 Å². The molecule has 0 aromatic rings. The van der Waals surface area contributed by atoms with E-state index in [-0.39, 0.29) is 5.41 Å². The molecule has 0 aliphatic heterocycles. The van der Waals surface area contributed by atoms with Crippen LogP contribution in [0.3, 0.4) is 0 Å². The molecule has 0 radical (unpaired) electrons. The molecule has 6 heteroatoms. The maximum absolute atomic E-state index is 11.6. The number of hydrogen-bond acceptors (Lipinski definition) is 4. The van der Waals surface area contributed by atoms with E-state index in [9.17, 15) is 14.7 Å². The van der Waals surface area contributed by atoms with Gasteiger partial charge >= 0.3 is 6.03 Å². The van der Waals surface area contributed by atoms with Crippen molar-refractivity contribution in [1.82, 2.24) is 16.0 Å². The average molecular weight is 273 g/mol. The van der Waals surface area contributed by atoms with Gasteiger partial charge in [-0.3, -0.25) is 10.1 Å². The zero-order valence-electron chi connectivity index (χ0n) is 12.5. The zero-order chi connectivity index (χ0) is 15.1. The minimum Gasteiger partial charge on any atom is -0.392 e. The molecule has 112 valence electrons. The first-order valence-electron chi connectivity index (χ1n) is 6.66. The Labute approximate surface area is 115 Å². The lowest BCUT2D eigenvalue weighted by Gasteiger charge is -2.23. The van der Waals surface area contributed by atoms with Gasteiger partial charge in [-0.2, -0.15) is 0 Å². The number of amides is 3. The standard InChI is InChI=1S/C13H27N3O3/c1-6-14-12(19)16-11(18)9(2)15-8-10(17)7-13(3,4)5/h9-10,15,17H,6-8H2,1-5H3,(H2,14,16,18,19). The largest absolute Gasteiger partial charge is 0.392 e. The van der Waals surface area contributed by atoms with Gasteiger partial charge in [0.15, 0.2) is 0 Å². The summed E-state index contributed by atoms with van der Waals surface area (Å²) in [6, 6.07) is -1.03. The van der Waals surface area contributed by atoms with Gasteiger partial charge in [-0.25, -0.2) is 4.79 Å². The molecule has 0 fully saturated rings. The number of carbonyl (C=O) groups excluding carboxylic acids is 2. The summed E-state index contributed by atoms with van der Waals surface area (Å²) in [6.07, 6.45) is 0.129. The molecule has 0 aliphatic carbocycles. The molecule has 0 aliphatic rings. The summed E-state index contributed by atoms with van der Waals surface area (Å²) in [6.45, 7) is 10.3. The second-order valence-corrected chi connectivity index (χ2v) is 5.90. The van der Waals surface area contributed by atoms with Crippen molar-refractivity contribution in [3.63, 3.8) is 0 Å². The molecule has 0 aromatic carbocycles. The number of aliphatic hydroxyl groups excluding tert-OH is 1. The van der Waals surface area contributed by atoms with Crippen LogP contribution in [-0.2, 0) is 4.79 Å². The summed E-state index contributed by atoms with van der Waals surface area (Å²) < 4.78 is 0.